The lowest BCUT2D eigenvalue weighted by molar-refractivity contribution is 1.12. The molecule has 5 heteroatoms. The Kier molecular flexibility index (Phi) is 6.61. The highest BCUT2D eigenvalue weighted by molar-refractivity contribution is 6.15. The van der Waals surface area contributed by atoms with E-state index in [0.29, 0.717) is 11.3 Å². The second-order valence-corrected chi connectivity index (χ2v) is 14.0. The summed E-state index contributed by atoms with van der Waals surface area (Å²) in [5, 5.41) is 17.4. The van der Waals surface area contributed by atoms with E-state index in [2.05, 4.69) is 170 Å². The smallest absolute Gasteiger partial charge is 0.188 e. The largest absolute Gasteiger partial charge is 0.309 e. The van der Waals surface area contributed by atoms with Crippen molar-refractivity contribution in [1.29, 1.82) is 5.26 Å². The van der Waals surface area contributed by atoms with Crippen LogP contribution >= 0.6 is 0 Å². The van der Waals surface area contributed by atoms with Crippen molar-refractivity contribution in [2.45, 2.75) is 0 Å². The van der Waals surface area contributed by atoms with Crippen molar-refractivity contribution in [3.8, 4) is 34.3 Å². The Bertz CT molecular complexity index is 3400. The maximum Gasteiger partial charge on any atom is 0.188 e. The van der Waals surface area contributed by atoms with Crippen molar-refractivity contribution in [3.63, 3.8) is 0 Å². The van der Waals surface area contributed by atoms with Gasteiger partial charge in [-0.25, -0.2) is 4.85 Å². The molecule has 0 fully saturated rings. The third-order valence-electron chi connectivity index (χ3n) is 11.1. The van der Waals surface area contributed by atoms with Crippen molar-refractivity contribution >= 4 is 71.1 Å². The summed E-state index contributed by atoms with van der Waals surface area (Å²) in [6.45, 7) is 7.70. The molecule has 0 atom stereocenters. The van der Waals surface area contributed by atoms with Gasteiger partial charge in [-0.2, -0.15) is 5.26 Å². The van der Waals surface area contributed by atoms with Crippen LogP contribution in [0.5, 0.6) is 0 Å². The Hall–Kier alpha value is -7.86. The molecule has 0 spiro atoms. The van der Waals surface area contributed by atoms with Gasteiger partial charge >= 0.3 is 0 Å². The molecule has 0 amide bonds. The van der Waals surface area contributed by atoms with Gasteiger partial charge in [-0.1, -0.05) is 109 Å². The van der Waals surface area contributed by atoms with Crippen LogP contribution in [0.1, 0.15) is 5.56 Å². The van der Waals surface area contributed by atoms with Gasteiger partial charge in [-0.3, -0.25) is 0 Å². The van der Waals surface area contributed by atoms with Gasteiger partial charge in [0.15, 0.2) is 5.69 Å². The molecular weight excluding hydrogens is 671 g/mol. The highest BCUT2D eigenvalue weighted by atomic mass is 15.1. The highest BCUT2D eigenvalue weighted by Gasteiger charge is 2.22. The van der Waals surface area contributed by atoms with Crippen molar-refractivity contribution in [1.82, 2.24) is 13.7 Å². The van der Waals surface area contributed by atoms with Gasteiger partial charge < -0.3 is 13.7 Å². The number of hydrogen-bond donors (Lipinski definition) is 0. The molecule has 0 radical (unpaired) electrons. The predicted octanol–water partition coefficient (Wildman–Crippen LogP) is 13.1. The molecule has 3 heterocycles. The molecule has 254 valence electrons. The van der Waals surface area contributed by atoms with Crippen LogP contribution in [0.3, 0.4) is 0 Å². The SMILES string of the molecule is [C-]#[N+]c1ccc2c(c1)c1ccccc1n2-c1cccc2c3ccccc3n(-c3cc(-c4ccc(-n5c6ccccc6c6ccccc65)cc4)ccc3C#N)c12. The summed E-state index contributed by atoms with van der Waals surface area (Å²) in [6.07, 6.45) is 0. The average Bonchev–Trinajstić information content (AvgIpc) is 3.89. The van der Waals surface area contributed by atoms with Crippen LogP contribution in [-0.2, 0) is 0 Å². The second kappa shape index (κ2) is 11.8. The standard InChI is InChI=1S/C50H29N5/c1-52-35-25-28-47-42(30-35)40-14-5-8-18-45(40)54(47)48-20-10-15-41-39-13-4-9-19-46(39)55(50(41)48)49-29-33(21-22-34(49)31-51)32-23-26-36(27-24-32)53-43-16-6-2-11-37(43)38-12-3-7-17-44(38)53/h2-30H. The summed E-state index contributed by atoms with van der Waals surface area (Å²) in [6, 6.07) is 63.7. The fourth-order valence-electron chi connectivity index (χ4n) is 8.72. The molecule has 5 nitrogen and oxygen atoms in total. The minimum Gasteiger partial charge on any atom is -0.309 e. The van der Waals surface area contributed by atoms with E-state index in [1.165, 1.54) is 21.8 Å². The highest BCUT2D eigenvalue weighted by Crippen LogP contribution is 2.41. The lowest BCUT2D eigenvalue weighted by Crippen LogP contribution is -2.02. The van der Waals surface area contributed by atoms with Crippen molar-refractivity contribution in [2.24, 2.45) is 0 Å². The number of nitriles is 1. The molecule has 0 saturated heterocycles. The zero-order chi connectivity index (χ0) is 36.6. The van der Waals surface area contributed by atoms with E-state index in [-0.39, 0.29) is 0 Å². The number of hydrogen-bond acceptors (Lipinski definition) is 1. The van der Waals surface area contributed by atoms with Crippen LogP contribution < -0.4 is 0 Å². The molecule has 0 aliphatic rings. The normalized spacial score (nSPS) is 11.6. The van der Waals surface area contributed by atoms with E-state index in [0.717, 1.165) is 71.8 Å². The van der Waals surface area contributed by atoms with Crippen molar-refractivity contribution in [3.05, 3.63) is 193 Å². The second-order valence-electron chi connectivity index (χ2n) is 14.0. The van der Waals surface area contributed by atoms with Gasteiger partial charge in [0.05, 0.1) is 56.6 Å². The summed E-state index contributed by atoms with van der Waals surface area (Å²) < 4.78 is 6.90. The molecular formula is C50H29N5. The molecule has 0 saturated carbocycles. The fraction of sp³-hybridized carbons (Fsp3) is 0. The number of para-hydroxylation sites is 5. The maximum absolute atomic E-state index is 10.6. The summed E-state index contributed by atoms with van der Waals surface area (Å²) >= 11 is 0. The first kappa shape index (κ1) is 30.7. The van der Waals surface area contributed by atoms with Gasteiger partial charge in [0, 0.05) is 32.6 Å². The van der Waals surface area contributed by atoms with Gasteiger partial charge in [0.25, 0.3) is 0 Å². The van der Waals surface area contributed by atoms with Gasteiger partial charge in [0.1, 0.15) is 6.07 Å². The van der Waals surface area contributed by atoms with E-state index in [1.54, 1.807) is 0 Å². The maximum atomic E-state index is 10.6. The van der Waals surface area contributed by atoms with Crippen LogP contribution in [0.15, 0.2) is 176 Å². The van der Waals surface area contributed by atoms with Crippen LogP contribution in [0.2, 0.25) is 0 Å². The minimum absolute atomic E-state index is 0.590. The number of rotatable bonds is 4. The first-order valence-corrected chi connectivity index (χ1v) is 18.3. The molecule has 11 rings (SSSR count). The monoisotopic (exact) mass is 699 g/mol. The van der Waals surface area contributed by atoms with Crippen molar-refractivity contribution < 1.29 is 0 Å². The zero-order valence-electron chi connectivity index (χ0n) is 29.5. The Labute approximate surface area is 316 Å². The number of nitrogens with zero attached hydrogens (tertiary/aromatic N) is 5. The topological polar surface area (TPSA) is 42.9 Å². The number of fused-ring (bicyclic) bond motifs is 9. The van der Waals surface area contributed by atoms with Crippen LogP contribution in [0.4, 0.5) is 5.69 Å². The lowest BCUT2D eigenvalue weighted by Gasteiger charge is -2.16. The Morgan fingerprint density at radius 1 is 0.418 bits per heavy atom. The van der Waals surface area contributed by atoms with E-state index >= 15 is 0 Å². The summed E-state index contributed by atoms with van der Waals surface area (Å²) in [5.74, 6) is 0. The molecule has 0 N–H and O–H groups in total. The van der Waals surface area contributed by atoms with E-state index in [9.17, 15) is 5.26 Å². The van der Waals surface area contributed by atoms with Crippen molar-refractivity contribution in [2.75, 3.05) is 0 Å². The fourth-order valence-corrected chi connectivity index (χ4v) is 8.72. The molecule has 0 aliphatic carbocycles. The summed E-state index contributed by atoms with van der Waals surface area (Å²) in [4.78, 5) is 3.74. The molecule has 0 unspecified atom stereocenters. The zero-order valence-corrected chi connectivity index (χ0v) is 29.5. The van der Waals surface area contributed by atoms with E-state index in [1.807, 2.05) is 30.3 Å². The Morgan fingerprint density at radius 2 is 0.945 bits per heavy atom. The van der Waals surface area contributed by atoms with Crippen LogP contribution in [-0.4, -0.2) is 13.7 Å². The third-order valence-corrected chi connectivity index (χ3v) is 11.1. The number of benzene rings is 8. The Morgan fingerprint density at radius 3 is 1.58 bits per heavy atom. The lowest BCUT2D eigenvalue weighted by atomic mass is 10.0. The first-order chi connectivity index (χ1) is 27.2. The minimum atomic E-state index is 0.590. The molecule has 3 aromatic heterocycles. The quantitative estimate of drug-likeness (QED) is 0.169. The van der Waals surface area contributed by atoms with Crippen LogP contribution in [0, 0.1) is 17.9 Å². The predicted molar refractivity (Wildman–Crippen MR) is 226 cm³/mol. The molecule has 55 heavy (non-hydrogen) atoms. The van der Waals surface area contributed by atoms with E-state index in [4.69, 9.17) is 6.57 Å². The summed E-state index contributed by atoms with van der Waals surface area (Å²) in [5.41, 5.74) is 12.7. The van der Waals surface area contributed by atoms with Crippen LogP contribution in [0.25, 0.3) is 98.5 Å². The molecule has 0 aliphatic heterocycles. The number of aromatic nitrogens is 3. The third kappa shape index (κ3) is 4.45. The van der Waals surface area contributed by atoms with E-state index < -0.39 is 0 Å². The van der Waals surface area contributed by atoms with Gasteiger partial charge in [0.2, 0.25) is 0 Å². The molecule has 11 aromatic rings. The first-order valence-electron chi connectivity index (χ1n) is 18.3. The Balaban J connectivity index is 1.14. The average molecular weight is 700 g/mol. The van der Waals surface area contributed by atoms with Gasteiger partial charge in [-0.15, -0.1) is 0 Å². The molecule has 8 aromatic carbocycles. The summed E-state index contributed by atoms with van der Waals surface area (Å²) in [7, 11) is 0. The van der Waals surface area contributed by atoms with Gasteiger partial charge in [-0.05, 0) is 83.2 Å². The molecule has 0 bridgehead atoms.